The lowest BCUT2D eigenvalue weighted by atomic mass is 10.1. The topological polar surface area (TPSA) is 57.6 Å². The first kappa shape index (κ1) is 11.0. The number of hydrogen-bond donors (Lipinski definition) is 1. The molecule has 1 fully saturated rings. The van der Waals surface area contributed by atoms with Gasteiger partial charge in [-0.1, -0.05) is 6.92 Å². The van der Waals surface area contributed by atoms with Crippen LogP contribution in [0, 0.1) is 5.92 Å². The summed E-state index contributed by atoms with van der Waals surface area (Å²) in [5, 5.41) is 8.72. The van der Waals surface area contributed by atoms with E-state index in [2.05, 4.69) is 0 Å². The Morgan fingerprint density at radius 3 is 2.43 bits per heavy atom. The molecule has 14 heavy (non-hydrogen) atoms. The number of carbonyl (C=O) groups is 2. The SMILES string of the molecule is CCCN(C(=O)C(C)C(=O)O)C1CC1. The molecule has 0 saturated heterocycles. The van der Waals surface area contributed by atoms with Crippen LogP contribution in [0.2, 0.25) is 0 Å². The Hall–Kier alpha value is -1.06. The molecule has 0 aliphatic heterocycles. The molecule has 1 rings (SSSR count). The van der Waals surface area contributed by atoms with Crippen molar-refractivity contribution in [2.24, 2.45) is 5.92 Å². The third kappa shape index (κ3) is 2.47. The van der Waals surface area contributed by atoms with Gasteiger partial charge in [-0.3, -0.25) is 9.59 Å². The average molecular weight is 199 g/mol. The van der Waals surface area contributed by atoms with E-state index in [1.165, 1.54) is 6.92 Å². The number of nitrogens with zero attached hydrogens (tertiary/aromatic N) is 1. The number of carbonyl (C=O) groups excluding carboxylic acids is 1. The maximum Gasteiger partial charge on any atom is 0.315 e. The van der Waals surface area contributed by atoms with E-state index >= 15 is 0 Å². The van der Waals surface area contributed by atoms with Crippen molar-refractivity contribution in [2.75, 3.05) is 6.54 Å². The van der Waals surface area contributed by atoms with Crippen molar-refractivity contribution in [2.45, 2.75) is 39.2 Å². The summed E-state index contributed by atoms with van der Waals surface area (Å²) in [6.07, 6.45) is 2.94. The van der Waals surface area contributed by atoms with E-state index < -0.39 is 11.9 Å². The monoisotopic (exact) mass is 199 g/mol. The summed E-state index contributed by atoms with van der Waals surface area (Å²) in [5.41, 5.74) is 0. The zero-order valence-electron chi connectivity index (χ0n) is 8.69. The third-order valence-corrected chi connectivity index (χ3v) is 2.48. The number of carboxylic acid groups (broad SMARTS) is 1. The highest BCUT2D eigenvalue weighted by Crippen LogP contribution is 2.28. The van der Waals surface area contributed by atoms with Gasteiger partial charge in [0.25, 0.3) is 0 Å². The van der Waals surface area contributed by atoms with Crippen molar-refractivity contribution >= 4 is 11.9 Å². The Labute approximate surface area is 83.9 Å². The molecule has 1 aliphatic carbocycles. The van der Waals surface area contributed by atoms with Crippen molar-refractivity contribution in [1.29, 1.82) is 0 Å². The molecule has 0 heterocycles. The quantitative estimate of drug-likeness (QED) is 0.675. The lowest BCUT2D eigenvalue weighted by molar-refractivity contribution is -0.150. The van der Waals surface area contributed by atoms with Crippen molar-refractivity contribution in [3.63, 3.8) is 0 Å². The van der Waals surface area contributed by atoms with Gasteiger partial charge in [-0.05, 0) is 26.2 Å². The van der Waals surface area contributed by atoms with Gasteiger partial charge in [0.2, 0.25) is 5.91 Å². The summed E-state index contributed by atoms with van der Waals surface area (Å²) >= 11 is 0. The fourth-order valence-corrected chi connectivity index (χ4v) is 1.45. The number of aliphatic carboxylic acids is 1. The van der Waals surface area contributed by atoms with Crippen LogP contribution in [0.5, 0.6) is 0 Å². The predicted molar refractivity (Wildman–Crippen MR) is 51.8 cm³/mol. The highest BCUT2D eigenvalue weighted by Gasteiger charge is 2.35. The van der Waals surface area contributed by atoms with Crippen LogP contribution >= 0.6 is 0 Å². The third-order valence-electron chi connectivity index (χ3n) is 2.48. The Kier molecular flexibility index (Phi) is 3.49. The minimum absolute atomic E-state index is 0.234. The van der Waals surface area contributed by atoms with Gasteiger partial charge in [0, 0.05) is 12.6 Å². The summed E-state index contributed by atoms with van der Waals surface area (Å²) in [5.74, 6) is -2.17. The first-order chi connectivity index (χ1) is 6.57. The molecule has 0 bridgehead atoms. The highest BCUT2D eigenvalue weighted by atomic mass is 16.4. The fourth-order valence-electron chi connectivity index (χ4n) is 1.45. The van der Waals surface area contributed by atoms with Gasteiger partial charge in [0.15, 0.2) is 0 Å². The Morgan fingerprint density at radius 2 is 2.07 bits per heavy atom. The lowest BCUT2D eigenvalue weighted by Gasteiger charge is -2.23. The molecule has 0 aromatic rings. The fraction of sp³-hybridized carbons (Fsp3) is 0.800. The smallest absolute Gasteiger partial charge is 0.315 e. The summed E-state index contributed by atoms with van der Waals surface area (Å²) in [6, 6.07) is 0.309. The predicted octanol–water partition coefficient (Wildman–Crippen LogP) is 1.11. The zero-order valence-corrected chi connectivity index (χ0v) is 8.69. The summed E-state index contributed by atoms with van der Waals surface area (Å²) < 4.78 is 0. The summed E-state index contributed by atoms with van der Waals surface area (Å²) in [7, 11) is 0. The normalized spacial score (nSPS) is 17.6. The van der Waals surface area contributed by atoms with E-state index in [-0.39, 0.29) is 5.91 Å². The molecule has 80 valence electrons. The lowest BCUT2D eigenvalue weighted by Crippen LogP contribution is -2.40. The zero-order chi connectivity index (χ0) is 10.7. The van der Waals surface area contributed by atoms with Crippen LogP contribution in [0.4, 0.5) is 0 Å². The second-order valence-corrected chi connectivity index (χ2v) is 3.82. The second-order valence-electron chi connectivity index (χ2n) is 3.82. The molecule has 1 saturated carbocycles. The molecule has 0 aromatic carbocycles. The molecule has 0 aromatic heterocycles. The maximum atomic E-state index is 11.7. The number of carboxylic acids is 1. The molecule has 4 heteroatoms. The van der Waals surface area contributed by atoms with Crippen LogP contribution in [-0.4, -0.2) is 34.5 Å². The van der Waals surface area contributed by atoms with E-state index in [4.69, 9.17) is 5.11 Å². The Balaban J connectivity index is 2.58. The van der Waals surface area contributed by atoms with E-state index in [0.717, 1.165) is 19.3 Å². The molecule has 1 atom stereocenters. The van der Waals surface area contributed by atoms with Gasteiger partial charge in [-0.15, -0.1) is 0 Å². The maximum absolute atomic E-state index is 11.7. The molecule has 0 radical (unpaired) electrons. The second kappa shape index (κ2) is 4.44. The first-order valence-electron chi connectivity index (χ1n) is 5.11. The van der Waals surface area contributed by atoms with Crippen molar-refractivity contribution in [1.82, 2.24) is 4.90 Å². The van der Waals surface area contributed by atoms with Crippen LogP contribution in [0.25, 0.3) is 0 Å². The molecular weight excluding hydrogens is 182 g/mol. The Morgan fingerprint density at radius 1 is 1.50 bits per heavy atom. The highest BCUT2D eigenvalue weighted by molar-refractivity contribution is 5.96. The first-order valence-corrected chi connectivity index (χ1v) is 5.11. The summed E-state index contributed by atoms with van der Waals surface area (Å²) in [4.78, 5) is 24.1. The molecule has 1 amide bonds. The van der Waals surface area contributed by atoms with Crippen LogP contribution in [0.15, 0.2) is 0 Å². The van der Waals surface area contributed by atoms with Gasteiger partial charge >= 0.3 is 5.97 Å². The van der Waals surface area contributed by atoms with E-state index in [0.29, 0.717) is 12.6 Å². The van der Waals surface area contributed by atoms with E-state index in [1.807, 2.05) is 6.92 Å². The minimum atomic E-state index is -1.03. The van der Waals surface area contributed by atoms with Gasteiger partial charge in [-0.2, -0.15) is 0 Å². The van der Waals surface area contributed by atoms with Crippen LogP contribution < -0.4 is 0 Å². The number of rotatable bonds is 5. The molecule has 4 nitrogen and oxygen atoms in total. The molecule has 0 spiro atoms. The van der Waals surface area contributed by atoms with Crippen LogP contribution in [0.1, 0.15) is 33.1 Å². The van der Waals surface area contributed by atoms with Gasteiger partial charge in [0.05, 0.1) is 0 Å². The van der Waals surface area contributed by atoms with Crippen LogP contribution in [0.3, 0.4) is 0 Å². The van der Waals surface area contributed by atoms with Crippen LogP contribution in [-0.2, 0) is 9.59 Å². The summed E-state index contributed by atoms with van der Waals surface area (Å²) in [6.45, 7) is 4.13. The number of amides is 1. The minimum Gasteiger partial charge on any atom is -0.481 e. The van der Waals surface area contributed by atoms with Crippen molar-refractivity contribution in [3.8, 4) is 0 Å². The molecule has 1 unspecified atom stereocenters. The standard InChI is InChI=1S/C10H17NO3/c1-3-6-11(8-4-5-8)9(12)7(2)10(13)14/h7-8H,3-6H2,1-2H3,(H,13,14). The van der Waals surface area contributed by atoms with Crippen molar-refractivity contribution < 1.29 is 14.7 Å². The van der Waals surface area contributed by atoms with Gasteiger partial charge in [0.1, 0.15) is 5.92 Å². The molecular formula is C10H17NO3. The molecule has 1 aliphatic rings. The van der Waals surface area contributed by atoms with Gasteiger partial charge in [-0.25, -0.2) is 0 Å². The largest absolute Gasteiger partial charge is 0.481 e. The Bertz CT molecular complexity index is 236. The van der Waals surface area contributed by atoms with Gasteiger partial charge < -0.3 is 10.0 Å². The number of hydrogen-bond acceptors (Lipinski definition) is 2. The average Bonchev–Trinajstić information content (AvgIpc) is 2.95. The van der Waals surface area contributed by atoms with E-state index in [1.54, 1.807) is 4.90 Å². The van der Waals surface area contributed by atoms with E-state index in [9.17, 15) is 9.59 Å². The van der Waals surface area contributed by atoms with Crippen molar-refractivity contribution in [3.05, 3.63) is 0 Å². The molecule has 1 N–H and O–H groups in total.